The second kappa shape index (κ2) is 8.89. The fourth-order valence-electron chi connectivity index (χ4n) is 3.44. The Morgan fingerprint density at radius 1 is 1.28 bits per heavy atom. The first kappa shape index (κ1) is 21.2. The molecule has 0 saturated heterocycles. The molecule has 0 fully saturated rings. The minimum atomic E-state index is -1.03. The number of carboxylic acids is 1. The minimum absolute atomic E-state index is 0.190. The van der Waals surface area contributed by atoms with Crippen molar-refractivity contribution in [1.82, 2.24) is 0 Å². The Labute approximate surface area is 179 Å². The van der Waals surface area contributed by atoms with Gasteiger partial charge in [0, 0.05) is 17.3 Å². The van der Waals surface area contributed by atoms with E-state index in [1.54, 1.807) is 29.2 Å². The van der Waals surface area contributed by atoms with Crippen LogP contribution in [0.25, 0.3) is 0 Å². The van der Waals surface area contributed by atoms with Crippen molar-refractivity contribution in [3.8, 4) is 6.07 Å². The van der Waals surface area contributed by atoms with Crippen molar-refractivity contribution in [2.24, 2.45) is 5.92 Å². The quantitative estimate of drug-likeness (QED) is 0.733. The number of carboxylic acid groups (broad SMARTS) is 1. The van der Waals surface area contributed by atoms with Crippen LogP contribution in [0.5, 0.6) is 0 Å². The molecule has 5 nitrogen and oxygen atoms in total. The number of nitrogens with zero attached hydrogens (tertiary/aromatic N) is 2. The fraction of sp³-hybridized carbons (Fsp3) is 0.318. The first-order valence-corrected chi connectivity index (χ1v) is 10.6. The summed E-state index contributed by atoms with van der Waals surface area (Å²) in [6.45, 7) is 4.47. The summed E-state index contributed by atoms with van der Waals surface area (Å²) in [7, 11) is 0. The van der Waals surface area contributed by atoms with E-state index in [2.05, 4.69) is 6.07 Å². The van der Waals surface area contributed by atoms with Gasteiger partial charge in [-0.3, -0.25) is 9.59 Å². The second-order valence-corrected chi connectivity index (χ2v) is 9.07. The fourth-order valence-corrected chi connectivity index (χ4v) is 5.25. The number of carbonyl (C=O) groups is 2. The van der Waals surface area contributed by atoms with Gasteiger partial charge in [-0.25, -0.2) is 0 Å². The van der Waals surface area contributed by atoms with Crippen molar-refractivity contribution in [2.45, 2.75) is 30.8 Å². The molecule has 150 valence electrons. The average Bonchev–Trinajstić information content (AvgIpc) is 2.78. The standard InChI is InChI=1S/C22H21ClN2O3S/c1-13(2)12-25-18-8-7-14(11-24)9-16(18)21(15-5-3-4-6-17(15)23)29-19(22(25)28)10-20(26)27/h3-9,13,19,21H,10,12H2,1-2H3,(H,26,27)/t19-,21-/m1/s1. The topological polar surface area (TPSA) is 81.4 Å². The van der Waals surface area contributed by atoms with Gasteiger partial charge in [-0.1, -0.05) is 43.6 Å². The molecule has 1 heterocycles. The van der Waals surface area contributed by atoms with E-state index < -0.39 is 11.2 Å². The molecule has 2 aromatic rings. The highest BCUT2D eigenvalue weighted by atomic mass is 35.5. The van der Waals surface area contributed by atoms with Gasteiger partial charge in [0.2, 0.25) is 5.91 Å². The van der Waals surface area contributed by atoms with Crippen LogP contribution in [-0.4, -0.2) is 28.8 Å². The van der Waals surface area contributed by atoms with Gasteiger partial charge in [-0.2, -0.15) is 5.26 Å². The van der Waals surface area contributed by atoms with Crippen molar-refractivity contribution in [2.75, 3.05) is 11.4 Å². The van der Waals surface area contributed by atoms with E-state index in [0.29, 0.717) is 22.8 Å². The molecule has 1 aliphatic rings. The minimum Gasteiger partial charge on any atom is -0.481 e. The molecule has 0 aliphatic carbocycles. The molecule has 1 amide bonds. The molecule has 1 N–H and O–H groups in total. The van der Waals surface area contributed by atoms with Crippen LogP contribution in [0.1, 0.15) is 42.2 Å². The predicted molar refractivity (Wildman–Crippen MR) is 115 cm³/mol. The van der Waals surface area contributed by atoms with Crippen molar-refractivity contribution >= 4 is 40.9 Å². The van der Waals surface area contributed by atoms with Gasteiger partial charge in [0.25, 0.3) is 0 Å². The number of rotatable bonds is 5. The maximum absolute atomic E-state index is 13.3. The maximum Gasteiger partial charge on any atom is 0.305 e. The molecular formula is C22H21ClN2O3S. The van der Waals surface area contributed by atoms with E-state index in [0.717, 1.165) is 11.1 Å². The van der Waals surface area contributed by atoms with E-state index in [-0.39, 0.29) is 23.5 Å². The molecule has 0 saturated carbocycles. The first-order valence-electron chi connectivity index (χ1n) is 9.29. The first-order chi connectivity index (χ1) is 13.8. The van der Waals surface area contributed by atoms with Gasteiger partial charge in [0.15, 0.2) is 0 Å². The summed E-state index contributed by atoms with van der Waals surface area (Å²) in [4.78, 5) is 26.5. The molecule has 0 unspecified atom stereocenters. The Bertz CT molecular complexity index is 986. The van der Waals surface area contributed by atoms with Crippen molar-refractivity contribution in [3.05, 3.63) is 64.2 Å². The summed E-state index contributed by atoms with van der Waals surface area (Å²) >= 11 is 7.75. The van der Waals surface area contributed by atoms with Gasteiger partial charge in [0.1, 0.15) is 0 Å². The van der Waals surface area contributed by atoms with Crippen LogP contribution in [0.2, 0.25) is 5.02 Å². The van der Waals surface area contributed by atoms with Crippen molar-refractivity contribution in [3.63, 3.8) is 0 Å². The monoisotopic (exact) mass is 428 g/mol. The van der Waals surface area contributed by atoms with E-state index in [9.17, 15) is 20.0 Å². The van der Waals surface area contributed by atoms with Crippen LogP contribution in [0.4, 0.5) is 5.69 Å². The maximum atomic E-state index is 13.3. The Balaban J connectivity index is 2.24. The highest BCUT2D eigenvalue weighted by Gasteiger charge is 2.38. The van der Waals surface area contributed by atoms with Gasteiger partial charge in [-0.05, 0) is 41.3 Å². The van der Waals surface area contributed by atoms with E-state index in [1.165, 1.54) is 11.8 Å². The Morgan fingerprint density at radius 2 is 2.00 bits per heavy atom. The number of nitriles is 1. The Hall–Kier alpha value is -2.49. The lowest BCUT2D eigenvalue weighted by Crippen LogP contribution is -2.40. The molecule has 0 radical (unpaired) electrons. The third-order valence-electron chi connectivity index (χ3n) is 4.67. The number of anilines is 1. The van der Waals surface area contributed by atoms with Crippen LogP contribution >= 0.6 is 23.4 Å². The molecule has 1 aliphatic heterocycles. The van der Waals surface area contributed by atoms with Crippen LogP contribution < -0.4 is 4.90 Å². The lowest BCUT2D eigenvalue weighted by Gasteiger charge is -2.27. The molecule has 0 bridgehead atoms. The van der Waals surface area contributed by atoms with Gasteiger partial charge in [0.05, 0.1) is 28.6 Å². The number of thioether (sulfide) groups is 1. The number of benzene rings is 2. The predicted octanol–water partition coefficient (Wildman–Crippen LogP) is 4.88. The summed E-state index contributed by atoms with van der Waals surface area (Å²) in [6, 6.07) is 14.7. The third-order valence-corrected chi connectivity index (χ3v) is 6.49. The van der Waals surface area contributed by atoms with Crippen LogP contribution in [0.3, 0.4) is 0 Å². The van der Waals surface area contributed by atoms with Gasteiger partial charge in [-0.15, -0.1) is 11.8 Å². The van der Waals surface area contributed by atoms with Gasteiger partial charge < -0.3 is 10.0 Å². The smallest absolute Gasteiger partial charge is 0.305 e. The SMILES string of the molecule is CC(C)CN1C(=O)[C@@H](CC(=O)O)S[C@H](c2ccccc2Cl)c2cc(C#N)ccc21. The summed E-state index contributed by atoms with van der Waals surface area (Å²) in [5.41, 5.74) is 2.78. The van der Waals surface area contributed by atoms with E-state index >= 15 is 0 Å². The van der Waals surface area contributed by atoms with Crippen LogP contribution in [0.15, 0.2) is 42.5 Å². The molecule has 7 heteroatoms. The summed E-state index contributed by atoms with van der Waals surface area (Å²) in [5, 5.41) is 18.2. The van der Waals surface area contributed by atoms with Gasteiger partial charge >= 0.3 is 5.97 Å². The average molecular weight is 429 g/mol. The van der Waals surface area contributed by atoms with E-state index in [4.69, 9.17) is 11.6 Å². The molecule has 3 rings (SSSR count). The van der Waals surface area contributed by atoms with Crippen molar-refractivity contribution in [1.29, 1.82) is 5.26 Å². The zero-order valence-corrected chi connectivity index (χ0v) is 17.7. The molecule has 2 atom stereocenters. The Morgan fingerprint density at radius 3 is 2.62 bits per heavy atom. The normalized spacial score (nSPS) is 18.9. The molecular weight excluding hydrogens is 408 g/mol. The summed E-state index contributed by atoms with van der Waals surface area (Å²) in [5.74, 6) is -1.07. The third kappa shape index (κ3) is 4.58. The zero-order chi connectivity index (χ0) is 21.1. The highest BCUT2D eigenvalue weighted by molar-refractivity contribution is 8.01. The van der Waals surface area contributed by atoms with E-state index in [1.807, 2.05) is 32.0 Å². The lowest BCUT2D eigenvalue weighted by atomic mass is 9.99. The number of amides is 1. The van der Waals surface area contributed by atoms with Crippen LogP contribution in [0, 0.1) is 17.2 Å². The molecule has 2 aromatic carbocycles. The largest absolute Gasteiger partial charge is 0.481 e. The molecule has 29 heavy (non-hydrogen) atoms. The number of carbonyl (C=O) groups excluding carboxylic acids is 1. The zero-order valence-electron chi connectivity index (χ0n) is 16.1. The van der Waals surface area contributed by atoms with Crippen LogP contribution in [-0.2, 0) is 9.59 Å². The second-order valence-electron chi connectivity index (χ2n) is 7.35. The van der Waals surface area contributed by atoms with Crippen molar-refractivity contribution < 1.29 is 14.7 Å². The summed E-state index contributed by atoms with van der Waals surface area (Å²) < 4.78 is 0. The Kier molecular flexibility index (Phi) is 6.51. The number of hydrogen-bond donors (Lipinski definition) is 1. The number of fused-ring (bicyclic) bond motifs is 1. The number of hydrogen-bond acceptors (Lipinski definition) is 4. The summed E-state index contributed by atoms with van der Waals surface area (Å²) in [6.07, 6.45) is -0.280. The molecule has 0 aromatic heterocycles. The number of aliphatic carboxylic acids is 1. The molecule has 0 spiro atoms. The number of halogens is 1. The highest BCUT2D eigenvalue weighted by Crippen LogP contribution is 2.48. The lowest BCUT2D eigenvalue weighted by molar-refractivity contribution is -0.138.